The Kier molecular flexibility index (Phi) is 8.39. The maximum absolute atomic E-state index is 6.29. The highest BCUT2D eigenvalue weighted by Crippen LogP contribution is 2.42. The fourth-order valence-electron chi connectivity index (χ4n) is 7.11. The van der Waals surface area contributed by atoms with Gasteiger partial charge in [-0.1, -0.05) is 146 Å². The van der Waals surface area contributed by atoms with E-state index in [0.29, 0.717) is 34.6 Å². The van der Waals surface area contributed by atoms with Crippen LogP contribution in [0.2, 0.25) is 0 Å². The van der Waals surface area contributed by atoms with Crippen LogP contribution < -0.4 is 0 Å². The first kappa shape index (κ1) is 33.2. The standard InChI is InChI=1S/C49H31N5OS/c1-2-3-4-11-24-39-45-44(36-22-12-13-25-40(36)55-45)51-49(50-39)38-23-15-26-41-43(38)37-28-27-35(30-42(37)56-41)48-53-46(32-18-9-6-10-19-32)52-47(54-48)34-21-14-20-33(29-34)31-16-7-5-8-17-31/h2-30H,1H2/b4-3-,24-11+. The predicted octanol–water partition coefficient (Wildman–Crippen LogP) is 13.0. The van der Waals surface area contributed by atoms with Crippen LogP contribution in [0.3, 0.4) is 0 Å². The van der Waals surface area contributed by atoms with Gasteiger partial charge in [-0.15, -0.1) is 11.3 Å². The number of aromatic nitrogens is 5. The maximum Gasteiger partial charge on any atom is 0.179 e. The average molecular weight is 738 g/mol. The number of rotatable bonds is 8. The van der Waals surface area contributed by atoms with Crippen LogP contribution in [-0.4, -0.2) is 24.9 Å². The Bertz CT molecular complexity index is 3160. The zero-order chi connectivity index (χ0) is 37.4. The van der Waals surface area contributed by atoms with Gasteiger partial charge in [0.15, 0.2) is 28.9 Å². The average Bonchev–Trinajstić information content (AvgIpc) is 3.84. The number of furan rings is 1. The molecule has 0 spiro atoms. The minimum atomic E-state index is 0.612. The van der Waals surface area contributed by atoms with Gasteiger partial charge in [-0.05, 0) is 47.5 Å². The van der Waals surface area contributed by atoms with Crippen molar-refractivity contribution in [3.63, 3.8) is 0 Å². The molecule has 0 amide bonds. The molecule has 0 radical (unpaired) electrons. The molecule has 0 unspecified atom stereocenters. The van der Waals surface area contributed by atoms with Crippen molar-refractivity contribution in [3.05, 3.63) is 182 Å². The molecule has 0 saturated carbocycles. The molecule has 0 aliphatic heterocycles. The second-order valence-electron chi connectivity index (χ2n) is 13.3. The fourth-order valence-corrected chi connectivity index (χ4v) is 8.28. The zero-order valence-electron chi connectivity index (χ0n) is 30.0. The minimum absolute atomic E-state index is 0.612. The van der Waals surface area contributed by atoms with E-state index < -0.39 is 0 Å². The molecule has 4 heterocycles. The molecule has 6 aromatic carbocycles. The fraction of sp³-hybridized carbons (Fsp3) is 0. The minimum Gasteiger partial charge on any atom is -0.452 e. The summed E-state index contributed by atoms with van der Waals surface area (Å²) < 4.78 is 8.55. The first-order valence-electron chi connectivity index (χ1n) is 18.3. The van der Waals surface area contributed by atoms with E-state index in [4.69, 9.17) is 29.3 Å². The monoisotopic (exact) mass is 737 g/mol. The van der Waals surface area contributed by atoms with E-state index in [1.54, 1.807) is 17.4 Å². The smallest absolute Gasteiger partial charge is 0.179 e. The van der Waals surface area contributed by atoms with Gasteiger partial charge in [-0.25, -0.2) is 24.9 Å². The molecule has 4 aromatic heterocycles. The van der Waals surface area contributed by atoms with Crippen LogP contribution in [0.25, 0.3) is 105 Å². The SMILES string of the molecule is C=C/C=C\C=C\c1nc(-c2cccc3sc4cc(-c5nc(-c6ccccc6)nc(-c6cccc(-c7ccccc7)c6)n5)ccc4c23)nc2c1oc1ccccc12. The molecule has 10 rings (SSSR count). The number of hydrogen-bond acceptors (Lipinski definition) is 7. The van der Waals surface area contributed by atoms with E-state index in [-0.39, 0.29) is 0 Å². The number of para-hydroxylation sites is 1. The van der Waals surface area contributed by atoms with Gasteiger partial charge in [-0.3, -0.25) is 0 Å². The van der Waals surface area contributed by atoms with Crippen LogP contribution in [0.4, 0.5) is 0 Å². The zero-order valence-corrected chi connectivity index (χ0v) is 30.8. The molecule has 10 aromatic rings. The van der Waals surface area contributed by atoms with Gasteiger partial charge in [0, 0.05) is 47.8 Å². The molecule has 6 nitrogen and oxygen atoms in total. The predicted molar refractivity (Wildman–Crippen MR) is 231 cm³/mol. The highest BCUT2D eigenvalue weighted by atomic mass is 32.1. The number of benzene rings is 6. The summed E-state index contributed by atoms with van der Waals surface area (Å²) >= 11 is 1.73. The van der Waals surface area contributed by atoms with Gasteiger partial charge in [0.1, 0.15) is 16.8 Å². The molecule has 0 aliphatic carbocycles. The lowest BCUT2D eigenvalue weighted by atomic mass is 10.0. The summed E-state index contributed by atoms with van der Waals surface area (Å²) in [7, 11) is 0. The number of nitrogens with zero attached hydrogens (tertiary/aromatic N) is 5. The highest BCUT2D eigenvalue weighted by Gasteiger charge is 2.20. The Morgan fingerprint density at radius 3 is 1.96 bits per heavy atom. The molecule has 0 N–H and O–H groups in total. The molecule has 0 aliphatic rings. The van der Waals surface area contributed by atoms with Crippen LogP contribution in [-0.2, 0) is 0 Å². The van der Waals surface area contributed by atoms with E-state index in [0.717, 1.165) is 70.0 Å². The molecular formula is C49H31N5OS. The molecular weight excluding hydrogens is 707 g/mol. The van der Waals surface area contributed by atoms with Crippen molar-refractivity contribution in [1.82, 2.24) is 24.9 Å². The normalized spacial score (nSPS) is 11.9. The summed E-state index contributed by atoms with van der Waals surface area (Å²) in [5.74, 6) is 2.49. The third kappa shape index (κ3) is 6.06. The van der Waals surface area contributed by atoms with Gasteiger partial charge in [0.25, 0.3) is 0 Å². The summed E-state index contributed by atoms with van der Waals surface area (Å²) in [4.78, 5) is 25.4. The molecule has 0 bridgehead atoms. The summed E-state index contributed by atoms with van der Waals surface area (Å²) in [6.45, 7) is 3.78. The largest absolute Gasteiger partial charge is 0.452 e. The van der Waals surface area contributed by atoms with E-state index in [9.17, 15) is 0 Å². The summed E-state index contributed by atoms with van der Waals surface area (Å²) in [6.07, 6.45) is 9.45. The Labute approximate surface area is 326 Å². The number of fused-ring (bicyclic) bond motifs is 6. The summed E-state index contributed by atoms with van der Waals surface area (Å²) in [5.41, 5.74) is 8.88. The summed E-state index contributed by atoms with van der Waals surface area (Å²) in [6, 6.07) is 49.6. The molecule has 7 heteroatoms. The van der Waals surface area contributed by atoms with Crippen molar-refractivity contribution in [2.75, 3.05) is 0 Å². The molecule has 0 fully saturated rings. The lowest BCUT2D eigenvalue weighted by Gasteiger charge is -2.10. The van der Waals surface area contributed by atoms with Crippen LogP contribution in [0.15, 0.2) is 181 Å². The van der Waals surface area contributed by atoms with E-state index in [2.05, 4.69) is 91.5 Å². The third-order valence-corrected chi connectivity index (χ3v) is 10.9. The van der Waals surface area contributed by atoms with Crippen LogP contribution in [0.5, 0.6) is 0 Å². The second-order valence-corrected chi connectivity index (χ2v) is 14.4. The van der Waals surface area contributed by atoms with Crippen molar-refractivity contribution >= 4 is 59.7 Å². The maximum atomic E-state index is 6.29. The van der Waals surface area contributed by atoms with Gasteiger partial charge in [0.2, 0.25) is 0 Å². The molecule has 0 atom stereocenters. The quantitative estimate of drug-likeness (QED) is 0.145. The van der Waals surface area contributed by atoms with Crippen molar-refractivity contribution in [1.29, 1.82) is 0 Å². The van der Waals surface area contributed by atoms with Gasteiger partial charge >= 0.3 is 0 Å². The van der Waals surface area contributed by atoms with Crippen molar-refractivity contribution in [2.24, 2.45) is 0 Å². The topological polar surface area (TPSA) is 77.6 Å². The van der Waals surface area contributed by atoms with Gasteiger partial charge in [0.05, 0.1) is 0 Å². The summed E-state index contributed by atoms with van der Waals surface area (Å²) in [5, 5.41) is 3.17. The van der Waals surface area contributed by atoms with E-state index in [1.807, 2.05) is 85.0 Å². The van der Waals surface area contributed by atoms with Gasteiger partial charge in [-0.2, -0.15) is 0 Å². The first-order chi connectivity index (χ1) is 27.7. The second kappa shape index (κ2) is 14.1. The third-order valence-electron chi connectivity index (χ3n) is 9.75. The van der Waals surface area contributed by atoms with Crippen molar-refractivity contribution < 1.29 is 4.42 Å². The lowest BCUT2D eigenvalue weighted by molar-refractivity contribution is 0.664. The van der Waals surface area contributed by atoms with E-state index >= 15 is 0 Å². The molecule has 56 heavy (non-hydrogen) atoms. The first-order valence-corrected chi connectivity index (χ1v) is 19.1. The van der Waals surface area contributed by atoms with Crippen LogP contribution in [0, 0.1) is 0 Å². The highest BCUT2D eigenvalue weighted by molar-refractivity contribution is 7.26. The molecule has 0 saturated heterocycles. The Morgan fingerprint density at radius 1 is 0.482 bits per heavy atom. The lowest BCUT2D eigenvalue weighted by Crippen LogP contribution is -2.00. The van der Waals surface area contributed by atoms with Crippen LogP contribution in [0.1, 0.15) is 5.69 Å². The Balaban J connectivity index is 1.12. The number of hydrogen-bond donors (Lipinski definition) is 0. The Morgan fingerprint density at radius 2 is 1.16 bits per heavy atom. The number of allylic oxidation sites excluding steroid dienone is 4. The van der Waals surface area contributed by atoms with Crippen LogP contribution >= 0.6 is 11.3 Å². The van der Waals surface area contributed by atoms with Crippen molar-refractivity contribution in [3.8, 4) is 56.7 Å². The van der Waals surface area contributed by atoms with E-state index in [1.165, 1.54) is 0 Å². The van der Waals surface area contributed by atoms with Crippen molar-refractivity contribution in [2.45, 2.75) is 0 Å². The Hall–Kier alpha value is -7.35. The number of thiophene rings is 1. The van der Waals surface area contributed by atoms with Gasteiger partial charge < -0.3 is 4.42 Å². The molecule has 264 valence electrons.